The predicted octanol–water partition coefficient (Wildman–Crippen LogP) is 17.4. The molecule has 0 fully saturated rings. The zero-order valence-corrected chi connectivity index (χ0v) is 41.5. The Bertz CT molecular complexity index is 3430. The molecule has 74 heavy (non-hydrogen) atoms. The number of nitrogens with one attached hydrogen (secondary N) is 2. The molecule has 6 aromatic carbocycles. The molecule has 388 valence electrons. The first-order valence-corrected chi connectivity index (χ1v) is 23.1. The molecule has 0 saturated heterocycles. The van der Waals surface area contributed by atoms with E-state index in [1.165, 1.54) is 53.1 Å². The summed E-state index contributed by atoms with van der Waals surface area (Å²) in [5.74, 6) is -2.07. The minimum atomic E-state index is -4.79. The van der Waals surface area contributed by atoms with Crippen LogP contribution in [-0.2, 0) is 24.2 Å². The standard InChI is InChI=1S/C18H12Cl2F3NO3.C16H10Cl2F3NO.C8H5Cl2N.C8H5F3O2/c19-11-4-5-13-14(17(20)24(9-16(25)26)15(13)8-11)7-10-2-1-3-12(6-10)27-18(21,22)23;17-10-4-5-12-13(15(18)22-14(12)8-10)7-9-2-1-3-11(6-9)23-16(19,20)21;9-6-2-1-5-3-8(10)11-7(5)4-6;9-8(10,11)13-7-3-1-2-6(4-7)5-12/h1-6,8H,7,9H2,(H,25,26);1-6,8,22H,7H2;1-4,11H;1-5H. The highest BCUT2D eigenvalue weighted by Crippen LogP contribution is 2.36. The normalized spacial score (nSPS) is 11.5. The third-order valence-corrected chi connectivity index (χ3v) is 11.6. The number of aromatic nitrogens is 3. The molecule has 0 radical (unpaired) electrons. The van der Waals surface area contributed by atoms with E-state index in [1.54, 1.807) is 42.5 Å². The second-order valence-electron chi connectivity index (χ2n) is 15.3. The van der Waals surface area contributed by atoms with Crippen molar-refractivity contribution in [2.75, 3.05) is 0 Å². The molecule has 24 heteroatoms. The van der Waals surface area contributed by atoms with E-state index in [1.807, 2.05) is 30.3 Å². The summed E-state index contributed by atoms with van der Waals surface area (Å²) in [5, 5.41) is 14.7. The Morgan fingerprint density at radius 1 is 0.554 bits per heavy atom. The highest BCUT2D eigenvalue weighted by molar-refractivity contribution is 6.34. The molecular formula is C50H32Cl6F9N3O6. The van der Waals surface area contributed by atoms with Crippen LogP contribution in [0.4, 0.5) is 39.5 Å². The number of carbonyl (C=O) groups is 2. The average Bonchev–Trinajstić information content (AvgIpc) is 3.90. The van der Waals surface area contributed by atoms with Crippen molar-refractivity contribution in [3.63, 3.8) is 0 Å². The number of hydrogen-bond donors (Lipinski definition) is 3. The minimum Gasteiger partial charge on any atom is -0.480 e. The summed E-state index contributed by atoms with van der Waals surface area (Å²) in [6.45, 7) is -0.368. The fraction of sp³-hybridized carbons (Fsp3) is 0.120. The molecule has 0 bridgehead atoms. The van der Waals surface area contributed by atoms with Gasteiger partial charge in [0.05, 0.1) is 5.52 Å². The van der Waals surface area contributed by atoms with Gasteiger partial charge in [-0.1, -0.05) is 124 Å². The molecule has 3 N–H and O–H groups in total. The van der Waals surface area contributed by atoms with E-state index in [4.69, 9.17) is 74.7 Å². The fourth-order valence-electron chi connectivity index (χ4n) is 7.15. The zero-order valence-electron chi connectivity index (χ0n) is 37.0. The molecule has 3 heterocycles. The van der Waals surface area contributed by atoms with Gasteiger partial charge in [0.25, 0.3) is 0 Å². The Morgan fingerprint density at radius 3 is 1.58 bits per heavy atom. The molecule has 9 aromatic rings. The number of nitrogens with zero attached hydrogens (tertiary/aromatic N) is 1. The number of carboxylic acid groups (broad SMARTS) is 1. The van der Waals surface area contributed by atoms with Gasteiger partial charge in [0.15, 0.2) is 0 Å². The Morgan fingerprint density at radius 2 is 1.04 bits per heavy atom. The Labute approximate surface area is 442 Å². The van der Waals surface area contributed by atoms with Gasteiger partial charge in [0.2, 0.25) is 0 Å². The first kappa shape index (κ1) is 56.9. The first-order valence-electron chi connectivity index (χ1n) is 20.8. The van der Waals surface area contributed by atoms with Crippen LogP contribution in [0.2, 0.25) is 30.5 Å². The van der Waals surface area contributed by atoms with E-state index in [0.717, 1.165) is 44.5 Å². The Hall–Kier alpha value is -6.41. The van der Waals surface area contributed by atoms with Crippen molar-refractivity contribution in [2.45, 2.75) is 38.5 Å². The number of alkyl halides is 9. The van der Waals surface area contributed by atoms with Crippen molar-refractivity contribution < 1.29 is 68.4 Å². The second-order valence-corrected chi connectivity index (χ2v) is 17.8. The van der Waals surface area contributed by atoms with Crippen molar-refractivity contribution in [3.8, 4) is 17.2 Å². The smallest absolute Gasteiger partial charge is 0.480 e. The van der Waals surface area contributed by atoms with Crippen molar-refractivity contribution in [3.05, 3.63) is 192 Å². The number of carbonyl (C=O) groups excluding carboxylic acids is 1. The molecule has 9 rings (SSSR count). The number of rotatable bonds is 10. The van der Waals surface area contributed by atoms with Crippen LogP contribution in [0.5, 0.6) is 17.2 Å². The van der Waals surface area contributed by atoms with Crippen molar-refractivity contribution in [1.82, 2.24) is 14.5 Å². The maximum atomic E-state index is 12.4. The number of H-pyrrole nitrogens is 2. The third-order valence-electron chi connectivity index (χ3n) is 9.98. The number of aromatic amines is 2. The SMILES string of the molecule is Clc1ccc2cc(Cl)[nH]c2c1.FC(F)(F)Oc1cccc(Cc2c(Cl)[nH]c3cc(Cl)ccc23)c1.O=C(O)Cn1c(Cl)c(Cc2cccc(OC(F)(F)F)c2)c2ccc(Cl)cc21.O=Cc1cccc(OC(F)(F)F)c1. The fourth-order valence-corrected chi connectivity index (χ4v) is 8.47. The van der Waals surface area contributed by atoms with Gasteiger partial charge in [-0.25, -0.2) is 0 Å². The molecule has 0 amide bonds. The number of aldehydes is 1. The first-order chi connectivity index (χ1) is 34.7. The predicted molar refractivity (Wildman–Crippen MR) is 267 cm³/mol. The van der Waals surface area contributed by atoms with Gasteiger partial charge in [-0.05, 0) is 90.0 Å². The highest BCUT2D eigenvalue weighted by Gasteiger charge is 2.33. The van der Waals surface area contributed by atoms with E-state index in [-0.39, 0.29) is 35.2 Å². The number of fused-ring (bicyclic) bond motifs is 3. The van der Waals surface area contributed by atoms with Crippen LogP contribution >= 0.6 is 69.6 Å². The molecule has 0 aliphatic carbocycles. The lowest BCUT2D eigenvalue weighted by Crippen LogP contribution is -2.17. The van der Waals surface area contributed by atoms with E-state index in [2.05, 4.69) is 24.2 Å². The monoisotopic (exact) mass is 1150 g/mol. The van der Waals surface area contributed by atoms with Crippen LogP contribution in [0.1, 0.15) is 32.6 Å². The molecular weight excluding hydrogens is 1120 g/mol. The summed E-state index contributed by atoms with van der Waals surface area (Å²) in [7, 11) is 0. The summed E-state index contributed by atoms with van der Waals surface area (Å²) in [6.07, 6.45) is -13.2. The van der Waals surface area contributed by atoms with E-state index < -0.39 is 30.8 Å². The lowest BCUT2D eigenvalue weighted by molar-refractivity contribution is -0.275. The van der Waals surface area contributed by atoms with Gasteiger partial charge in [-0.15, -0.1) is 39.5 Å². The highest BCUT2D eigenvalue weighted by atomic mass is 35.5. The molecule has 0 aliphatic rings. The number of hydrogen-bond acceptors (Lipinski definition) is 5. The lowest BCUT2D eigenvalue weighted by atomic mass is 10.0. The van der Waals surface area contributed by atoms with Gasteiger partial charge in [0, 0.05) is 71.8 Å². The van der Waals surface area contributed by atoms with Crippen molar-refractivity contribution in [1.29, 1.82) is 0 Å². The summed E-state index contributed by atoms with van der Waals surface area (Å²) >= 11 is 36.0. The molecule has 3 aromatic heterocycles. The molecule has 0 unspecified atom stereocenters. The number of ether oxygens (including phenoxy) is 3. The van der Waals surface area contributed by atoms with Crippen molar-refractivity contribution in [2.24, 2.45) is 0 Å². The summed E-state index contributed by atoms with van der Waals surface area (Å²) in [4.78, 5) is 27.3. The maximum absolute atomic E-state index is 12.4. The molecule has 0 aliphatic heterocycles. The number of benzene rings is 6. The van der Waals surface area contributed by atoms with E-state index in [0.29, 0.717) is 60.7 Å². The Balaban J connectivity index is 0.000000171. The molecule has 0 atom stereocenters. The number of halogens is 15. The van der Waals surface area contributed by atoms with Crippen molar-refractivity contribution >= 4 is 115 Å². The van der Waals surface area contributed by atoms with E-state index in [9.17, 15) is 49.1 Å². The zero-order chi connectivity index (χ0) is 54.1. The molecule has 9 nitrogen and oxygen atoms in total. The van der Waals surface area contributed by atoms with E-state index >= 15 is 0 Å². The minimum absolute atomic E-state index is 0.141. The second kappa shape index (κ2) is 24.3. The van der Waals surface area contributed by atoms with Gasteiger partial charge in [-0.2, -0.15) is 0 Å². The third kappa shape index (κ3) is 16.8. The number of carboxylic acids is 1. The topological polar surface area (TPSA) is 119 Å². The van der Waals surface area contributed by atoms with Crippen LogP contribution in [0.25, 0.3) is 32.7 Å². The van der Waals surface area contributed by atoms with Gasteiger partial charge >= 0.3 is 25.1 Å². The van der Waals surface area contributed by atoms with Crippen LogP contribution in [0.3, 0.4) is 0 Å². The van der Waals surface area contributed by atoms with Crippen LogP contribution in [-0.4, -0.2) is 51.0 Å². The molecule has 0 saturated carbocycles. The quantitative estimate of drug-likeness (QED) is 0.0927. The largest absolute Gasteiger partial charge is 0.573 e. The van der Waals surface area contributed by atoms with Crippen LogP contribution < -0.4 is 14.2 Å². The van der Waals surface area contributed by atoms with Gasteiger partial charge in [-0.3, -0.25) is 9.59 Å². The summed E-state index contributed by atoms with van der Waals surface area (Å²) in [5.41, 5.74) is 5.00. The Kier molecular flexibility index (Phi) is 18.7. The van der Waals surface area contributed by atoms with Gasteiger partial charge < -0.3 is 33.9 Å². The van der Waals surface area contributed by atoms with Gasteiger partial charge in [0.1, 0.15) is 45.5 Å². The summed E-state index contributed by atoms with van der Waals surface area (Å²) in [6, 6.07) is 33.9. The molecule has 0 spiro atoms. The van der Waals surface area contributed by atoms with Crippen LogP contribution in [0, 0.1) is 0 Å². The average molecular weight is 1150 g/mol. The maximum Gasteiger partial charge on any atom is 0.573 e. The summed E-state index contributed by atoms with van der Waals surface area (Å²) < 4.78 is 122. The number of aliphatic carboxylic acids is 1. The lowest BCUT2D eigenvalue weighted by Gasteiger charge is -2.10. The van der Waals surface area contributed by atoms with Crippen LogP contribution in [0.15, 0.2) is 133 Å².